The van der Waals surface area contributed by atoms with E-state index in [4.69, 9.17) is 5.73 Å². The molecular formula is C12H18N4O2. The largest absolute Gasteiger partial charge is 0.368 e. The summed E-state index contributed by atoms with van der Waals surface area (Å²) in [5.41, 5.74) is 4.52. The van der Waals surface area contributed by atoms with Gasteiger partial charge >= 0.3 is 0 Å². The van der Waals surface area contributed by atoms with Crippen LogP contribution in [0.25, 0.3) is 0 Å². The summed E-state index contributed by atoms with van der Waals surface area (Å²) in [6, 6.07) is 0. The normalized spacial score (nSPS) is 14.0. The van der Waals surface area contributed by atoms with E-state index in [-0.39, 0.29) is 11.6 Å². The van der Waals surface area contributed by atoms with Crippen LogP contribution in [-0.2, 0) is 4.79 Å². The van der Waals surface area contributed by atoms with E-state index in [1.807, 2.05) is 20.8 Å². The van der Waals surface area contributed by atoms with Gasteiger partial charge in [0.2, 0.25) is 5.91 Å². The van der Waals surface area contributed by atoms with Crippen LogP contribution in [0.4, 0.5) is 0 Å². The van der Waals surface area contributed by atoms with Gasteiger partial charge < -0.3 is 11.1 Å². The summed E-state index contributed by atoms with van der Waals surface area (Å²) in [5, 5.41) is 2.68. The van der Waals surface area contributed by atoms with Gasteiger partial charge in [0.15, 0.2) is 0 Å². The molecule has 6 heteroatoms. The fourth-order valence-corrected chi connectivity index (χ4v) is 1.84. The fraction of sp³-hybridized carbons (Fsp3) is 0.500. The summed E-state index contributed by atoms with van der Waals surface area (Å²) in [6.45, 7) is 5.48. The first-order valence-corrected chi connectivity index (χ1v) is 5.82. The van der Waals surface area contributed by atoms with E-state index >= 15 is 0 Å². The summed E-state index contributed by atoms with van der Waals surface area (Å²) in [4.78, 5) is 31.3. The molecule has 0 saturated carbocycles. The minimum absolute atomic E-state index is 0.111. The second-order valence-electron chi connectivity index (χ2n) is 4.39. The van der Waals surface area contributed by atoms with Gasteiger partial charge in [0.05, 0.1) is 6.20 Å². The first-order chi connectivity index (χ1) is 8.44. The van der Waals surface area contributed by atoms with Crippen molar-refractivity contribution in [1.29, 1.82) is 0 Å². The van der Waals surface area contributed by atoms with Crippen molar-refractivity contribution < 1.29 is 9.59 Å². The Balaban J connectivity index is 2.99. The number of carbonyl (C=O) groups is 2. The van der Waals surface area contributed by atoms with Crippen LogP contribution in [0.15, 0.2) is 18.6 Å². The quantitative estimate of drug-likeness (QED) is 0.794. The lowest BCUT2D eigenvalue weighted by molar-refractivity contribution is -0.126. The molecule has 1 aromatic heterocycles. The number of nitrogens with zero attached hydrogens (tertiary/aromatic N) is 2. The molecule has 0 saturated heterocycles. The van der Waals surface area contributed by atoms with Crippen molar-refractivity contribution in [2.75, 3.05) is 0 Å². The van der Waals surface area contributed by atoms with Crippen LogP contribution in [-0.4, -0.2) is 27.3 Å². The summed E-state index contributed by atoms with van der Waals surface area (Å²) >= 11 is 0. The average molecular weight is 250 g/mol. The van der Waals surface area contributed by atoms with E-state index in [9.17, 15) is 9.59 Å². The molecular weight excluding hydrogens is 232 g/mol. The van der Waals surface area contributed by atoms with Crippen molar-refractivity contribution in [1.82, 2.24) is 15.3 Å². The molecule has 1 rings (SSSR count). The number of carbonyl (C=O) groups excluding carboxylic acids is 2. The summed E-state index contributed by atoms with van der Waals surface area (Å²) < 4.78 is 0. The number of nitrogens with one attached hydrogen (secondary N) is 1. The van der Waals surface area contributed by atoms with Crippen LogP contribution >= 0.6 is 0 Å². The van der Waals surface area contributed by atoms with Crippen molar-refractivity contribution in [2.45, 2.75) is 32.7 Å². The molecule has 0 aliphatic heterocycles. The van der Waals surface area contributed by atoms with E-state index in [1.165, 1.54) is 18.6 Å². The average Bonchev–Trinajstić information content (AvgIpc) is 2.36. The zero-order valence-corrected chi connectivity index (χ0v) is 10.8. The first kappa shape index (κ1) is 14.1. The smallest absolute Gasteiger partial charge is 0.272 e. The Morgan fingerprint density at radius 3 is 2.50 bits per heavy atom. The molecule has 0 aliphatic carbocycles. The number of aromatic nitrogens is 2. The molecule has 0 bridgehead atoms. The third kappa shape index (κ3) is 2.64. The predicted molar refractivity (Wildman–Crippen MR) is 66.6 cm³/mol. The van der Waals surface area contributed by atoms with Gasteiger partial charge in [-0.25, -0.2) is 4.98 Å². The molecule has 0 aliphatic rings. The van der Waals surface area contributed by atoms with Crippen molar-refractivity contribution in [3.05, 3.63) is 24.3 Å². The van der Waals surface area contributed by atoms with E-state index in [1.54, 1.807) is 0 Å². The molecule has 0 radical (unpaired) electrons. The maximum Gasteiger partial charge on any atom is 0.272 e. The van der Waals surface area contributed by atoms with E-state index in [0.29, 0.717) is 6.42 Å². The van der Waals surface area contributed by atoms with Crippen LogP contribution in [0.5, 0.6) is 0 Å². The Kier molecular flexibility index (Phi) is 4.36. The minimum atomic E-state index is -1.06. The second-order valence-corrected chi connectivity index (χ2v) is 4.39. The fourth-order valence-electron chi connectivity index (χ4n) is 1.84. The molecule has 6 nitrogen and oxygen atoms in total. The van der Waals surface area contributed by atoms with Gasteiger partial charge in [-0.05, 0) is 12.3 Å². The Morgan fingerprint density at radius 1 is 1.44 bits per heavy atom. The Morgan fingerprint density at radius 2 is 2.11 bits per heavy atom. The van der Waals surface area contributed by atoms with Crippen LogP contribution in [0.1, 0.15) is 37.7 Å². The van der Waals surface area contributed by atoms with Gasteiger partial charge in [-0.1, -0.05) is 20.8 Å². The molecule has 3 N–H and O–H groups in total. The number of hydrogen-bond acceptors (Lipinski definition) is 4. The van der Waals surface area contributed by atoms with Crippen molar-refractivity contribution in [3.8, 4) is 0 Å². The van der Waals surface area contributed by atoms with E-state index in [2.05, 4.69) is 15.3 Å². The van der Waals surface area contributed by atoms with Gasteiger partial charge in [0.1, 0.15) is 11.2 Å². The summed E-state index contributed by atoms with van der Waals surface area (Å²) in [5.74, 6) is -1.10. The summed E-state index contributed by atoms with van der Waals surface area (Å²) in [7, 11) is 0. The number of primary amides is 1. The Hall–Kier alpha value is -1.98. The molecule has 1 atom stereocenters. The minimum Gasteiger partial charge on any atom is -0.368 e. The third-order valence-corrected chi connectivity index (χ3v) is 3.12. The standard InChI is InChI=1S/C12H18N4O2/c1-4-12(8(2)3,11(13)18)16-10(17)9-7-14-5-6-15-9/h5-8H,4H2,1-3H3,(H2,13,18)(H,16,17)/t12-/m1/s1. The topological polar surface area (TPSA) is 98.0 Å². The number of amides is 2. The van der Waals surface area contributed by atoms with Gasteiger partial charge in [0, 0.05) is 12.4 Å². The maximum atomic E-state index is 12.0. The molecule has 0 unspecified atom stereocenters. The lowest BCUT2D eigenvalue weighted by Gasteiger charge is -2.34. The molecule has 0 aromatic carbocycles. The highest BCUT2D eigenvalue weighted by atomic mass is 16.2. The highest BCUT2D eigenvalue weighted by Gasteiger charge is 2.40. The Bertz CT molecular complexity index is 433. The van der Waals surface area contributed by atoms with E-state index < -0.39 is 17.4 Å². The molecule has 0 fully saturated rings. The molecule has 1 aromatic rings. The van der Waals surface area contributed by atoms with E-state index in [0.717, 1.165) is 0 Å². The van der Waals surface area contributed by atoms with Crippen LogP contribution < -0.4 is 11.1 Å². The molecule has 18 heavy (non-hydrogen) atoms. The van der Waals surface area contributed by atoms with Gasteiger partial charge in [-0.2, -0.15) is 0 Å². The van der Waals surface area contributed by atoms with Crippen molar-refractivity contribution >= 4 is 11.8 Å². The van der Waals surface area contributed by atoms with Crippen LogP contribution in [0, 0.1) is 5.92 Å². The predicted octanol–water partition coefficient (Wildman–Crippen LogP) is 0.496. The number of nitrogens with two attached hydrogens (primary N) is 1. The van der Waals surface area contributed by atoms with Gasteiger partial charge in [-0.3, -0.25) is 14.6 Å². The van der Waals surface area contributed by atoms with Crippen LogP contribution in [0.3, 0.4) is 0 Å². The first-order valence-electron chi connectivity index (χ1n) is 5.82. The monoisotopic (exact) mass is 250 g/mol. The van der Waals surface area contributed by atoms with Crippen LogP contribution in [0.2, 0.25) is 0 Å². The highest BCUT2D eigenvalue weighted by molar-refractivity contribution is 5.97. The molecule has 0 spiro atoms. The molecule has 98 valence electrons. The Labute approximate surface area is 106 Å². The zero-order valence-electron chi connectivity index (χ0n) is 10.8. The maximum absolute atomic E-state index is 12.0. The zero-order chi connectivity index (χ0) is 13.8. The number of hydrogen-bond donors (Lipinski definition) is 2. The third-order valence-electron chi connectivity index (χ3n) is 3.12. The highest BCUT2D eigenvalue weighted by Crippen LogP contribution is 2.21. The van der Waals surface area contributed by atoms with Crippen molar-refractivity contribution in [2.24, 2.45) is 11.7 Å². The molecule has 2 amide bonds. The van der Waals surface area contributed by atoms with Gasteiger partial charge in [-0.15, -0.1) is 0 Å². The van der Waals surface area contributed by atoms with Gasteiger partial charge in [0.25, 0.3) is 5.91 Å². The SMILES string of the molecule is CC[C@](NC(=O)c1cnccn1)(C(N)=O)C(C)C. The lowest BCUT2D eigenvalue weighted by Crippen LogP contribution is -2.60. The lowest BCUT2D eigenvalue weighted by atomic mass is 9.83. The van der Waals surface area contributed by atoms with Crippen molar-refractivity contribution in [3.63, 3.8) is 0 Å². The number of rotatable bonds is 5. The summed E-state index contributed by atoms with van der Waals surface area (Å²) in [6.07, 6.45) is 4.66. The second kappa shape index (κ2) is 5.57. The molecule has 1 heterocycles.